The van der Waals surface area contributed by atoms with Crippen LogP contribution in [0.5, 0.6) is 0 Å². The number of fused-ring (bicyclic) bond motifs is 2. The number of carbonyl (C=O) groups excluding carboxylic acids is 2. The average molecular weight is 427 g/mol. The third kappa shape index (κ3) is 3.55. The van der Waals surface area contributed by atoms with E-state index in [4.69, 9.17) is 9.47 Å². The highest BCUT2D eigenvalue weighted by molar-refractivity contribution is 7.10. The predicted molar refractivity (Wildman–Crippen MR) is 114 cm³/mol. The Labute approximate surface area is 180 Å². The Bertz CT molecular complexity index is 925. The largest absolute Gasteiger partial charge is 0.378 e. The summed E-state index contributed by atoms with van der Waals surface area (Å²) >= 11 is 1.81. The van der Waals surface area contributed by atoms with E-state index >= 15 is 0 Å². The number of nitrogens with zero attached hydrogens (tertiary/aromatic N) is 2. The summed E-state index contributed by atoms with van der Waals surface area (Å²) in [5.74, 6) is 0.0230. The Balaban J connectivity index is 1.24. The standard InChI is InChI=1S/C23H26N2O4S/c26-21(17-1-3-18(4-2-17)22(27)25-11-14-28-15-12-25)24-9-7-23(8-10-24)19-6-16-30-20(19)5-13-29-23/h1-4,6,16H,5,7-15H2. The molecule has 30 heavy (non-hydrogen) atoms. The maximum atomic E-state index is 13.0. The molecule has 0 aliphatic carbocycles. The topological polar surface area (TPSA) is 59.1 Å². The molecule has 2 amide bonds. The number of thiophene rings is 1. The molecule has 0 bridgehead atoms. The third-order valence-electron chi connectivity index (χ3n) is 6.48. The fourth-order valence-corrected chi connectivity index (χ4v) is 5.68. The normalized spacial score (nSPS) is 20.8. The van der Waals surface area contributed by atoms with Gasteiger partial charge >= 0.3 is 0 Å². The van der Waals surface area contributed by atoms with Crippen LogP contribution in [0.4, 0.5) is 0 Å². The number of ether oxygens (including phenoxy) is 2. The number of morpholine rings is 1. The summed E-state index contributed by atoms with van der Waals surface area (Å²) in [6.45, 7) is 4.52. The summed E-state index contributed by atoms with van der Waals surface area (Å²) in [6, 6.07) is 9.26. The van der Waals surface area contributed by atoms with E-state index in [0.29, 0.717) is 50.5 Å². The molecule has 1 aromatic heterocycles. The summed E-state index contributed by atoms with van der Waals surface area (Å²) in [7, 11) is 0. The van der Waals surface area contributed by atoms with Gasteiger partial charge in [0.25, 0.3) is 11.8 Å². The fraction of sp³-hybridized carbons (Fsp3) is 0.478. The molecule has 5 rings (SSSR count). The number of benzene rings is 1. The zero-order valence-electron chi connectivity index (χ0n) is 17.0. The summed E-state index contributed by atoms with van der Waals surface area (Å²) < 4.78 is 11.5. The van der Waals surface area contributed by atoms with Gasteiger partial charge in [-0.3, -0.25) is 9.59 Å². The van der Waals surface area contributed by atoms with Gasteiger partial charge in [-0.1, -0.05) is 0 Å². The molecular weight excluding hydrogens is 400 g/mol. The first-order valence-corrected chi connectivity index (χ1v) is 11.5. The van der Waals surface area contributed by atoms with Crippen LogP contribution >= 0.6 is 11.3 Å². The van der Waals surface area contributed by atoms with E-state index in [2.05, 4.69) is 11.4 Å². The van der Waals surface area contributed by atoms with Crippen molar-refractivity contribution in [2.24, 2.45) is 0 Å². The molecule has 2 aromatic rings. The smallest absolute Gasteiger partial charge is 0.254 e. The second kappa shape index (κ2) is 8.13. The number of carbonyl (C=O) groups is 2. The average Bonchev–Trinajstić information content (AvgIpc) is 3.30. The first-order chi connectivity index (χ1) is 14.7. The molecule has 0 unspecified atom stereocenters. The second-order valence-corrected chi connectivity index (χ2v) is 9.12. The lowest BCUT2D eigenvalue weighted by Crippen LogP contribution is -2.48. The van der Waals surface area contributed by atoms with E-state index in [1.807, 2.05) is 16.2 Å². The quantitative estimate of drug-likeness (QED) is 0.741. The lowest BCUT2D eigenvalue weighted by atomic mass is 9.82. The van der Waals surface area contributed by atoms with Crippen molar-refractivity contribution in [3.05, 3.63) is 57.3 Å². The Kier molecular flexibility index (Phi) is 5.35. The van der Waals surface area contributed by atoms with Gasteiger partial charge in [-0.25, -0.2) is 0 Å². The van der Waals surface area contributed by atoms with Crippen molar-refractivity contribution < 1.29 is 19.1 Å². The van der Waals surface area contributed by atoms with Gasteiger partial charge in [-0.15, -0.1) is 11.3 Å². The summed E-state index contributed by atoms with van der Waals surface area (Å²) in [5, 5.41) is 2.15. The molecule has 1 spiro atoms. The highest BCUT2D eigenvalue weighted by Gasteiger charge is 2.42. The number of hydrogen-bond acceptors (Lipinski definition) is 5. The van der Waals surface area contributed by atoms with Gasteiger partial charge in [-0.05, 0) is 54.1 Å². The maximum Gasteiger partial charge on any atom is 0.254 e. The van der Waals surface area contributed by atoms with E-state index in [1.54, 1.807) is 29.2 Å². The van der Waals surface area contributed by atoms with Gasteiger partial charge in [0.2, 0.25) is 0 Å². The molecule has 3 aliphatic heterocycles. The minimum Gasteiger partial charge on any atom is -0.378 e. The zero-order chi connectivity index (χ0) is 20.6. The molecule has 3 aliphatic rings. The van der Waals surface area contributed by atoms with E-state index in [1.165, 1.54) is 10.4 Å². The molecular formula is C23H26N2O4S. The minimum atomic E-state index is -0.223. The van der Waals surface area contributed by atoms with Crippen LogP contribution in [0.1, 0.15) is 44.0 Å². The Morgan fingerprint density at radius 3 is 2.07 bits per heavy atom. The van der Waals surface area contributed by atoms with Gasteiger partial charge in [0.05, 0.1) is 25.4 Å². The Morgan fingerprint density at radius 2 is 1.43 bits per heavy atom. The molecule has 0 radical (unpaired) electrons. The Hall–Kier alpha value is -2.22. The molecule has 7 heteroatoms. The van der Waals surface area contributed by atoms with Crippen LogP contribution in [-0.2, 0) is 21.5 Å². The second-order valence-electron chi connectivity index (χ2n) is 8.12. The monoisotopic (exact) mass is 426 g/mol. The number of piperidine rings is 1. The molecule has 158 valence electrons. The number of amides is 2. The van der Waals surface area contributed by atoms with Crippen molar-refractivity contribution in [3.63, 3.8) is 0 Å². The zero-order valence-corrected chi connectivity index (χ0v) is 17.8. The van der Waals surface area contributed by atoms with Crippen LogP contribution in [0.2, 0.25) is 0 Å². The molecule has 0 atom stereocenters. The van der Waals surface area contributed by atoms with Gasteiger partial charge in [0, 0.05) is 48.6 Å². The Morgan fingerprint density at radius 1 is 0.833 bits per heavy atom. The first-order valence-electron chi connectivity index (χ1n) is 10.6. The molecule has 0 saturated carbocycles. The molecule has 0 N–H and O–H groups in total. The van der Waals surface area contributed by atoms with Crippen LogP contribution in [0, 0.1) is 0 Å². The number of hydrogen-bond donors (Lipinski definition) is 0. The number of rotatable bonds is 2. The lowest BCUT2D eigenvalue weighted by Gasteiger charge is -2.44. The van der Waals surface area contributed by atoms with Crippen molar-refractivity contribution in [2.75, 3.05) is 46.0 Å². The molecule has 6 nitrogen and oxygen atoms in total. The van der Waals surface area contributed by atoms with Gasteiger partial charge in [-0.2, -0.15) is 0 Å². The molecule has 2 fully saturated rings. The van der Waals surface area contributed by atoms with Crippen molar-refractivity contribution in [1.29, 1.82) is 0 Å². The predicted octanol–water partition coefficient (Wildman–Crippen LogP) is 2.92. The molecule has 2 saturated heterocycles. The lowest BCUT2D eigenvalue weighted by molar-refractivity contribution is -0.0926. The van der Waals surface area contributed by atoms with Gasteiger partial charge in [0.15, 0.2) is 0 Å². The van der Waals surface area contributed by atoms with Gasteiger partial charge < -0.3 is 19.3 Å². The van der Waals surface area contributed by atoms with Crippen LogP contribution < -0.4 is 0 Å². The van der Waals surface area contributed by atoms with Crippen molar-refractivity contribution >= 4 is 23.2 Å². The highest BCUT2D eigenvalue weighted by atomic mass is 32.1. The van der Waals surface area contributed by atoms with Crippen molar-refractivity contribution in [1.82, 2.24) is 9.80 Å². The van der Waals surface area contributed by atoms with Crippen molar-refractivity contribution in [3.8, 4) is 0 Å². The fourth-order valence-electron chi connectivity index (χ4n) is 4.73. The minimum absolute atomic E-state index is 0.00164. The molecule has 4 heterocycles. The van der Waals surface area contributed by atoms with Crippen LogP contribution in [0.3, 0.4) is 0 Å². The van der Waals surface area contributed by atoms with E-state index in [9.17, 15) is 9.59 Å². The van der Waals surface area contributed by atoms with Crippen molar-refractivity contribution in [2.45, 2.75) is 24.9 Å². The maximum absolute atomic E-state index is 13.0. The summed E-state index contributed by atoms with van der Waals surface area (Å²) in [6.07, 6.45) is 2.65. The van der Waals surface area contributed by atoms with Crippen LogP contribution in [-0.4, -0.2) is 67.6 Å². The molecule has 1 aromatic carbocycles. The SMILES string of the molecule is O=C(c1ccc(C(=O)N2CCC3(CC2)OCCc2sccc23)cc1)N1CCOCC1. The summed E-state index contributed by atoms with van der Waals surface area (Å²) in [4.78, 5) is 30.8. The summed E-state index contributed by atoms with van der Waals surface area (Å²) in [5.41, 5.74) is 2.35. The number of likely N-dealkylation sites (tertiary alicyclic amines) is 1. The highest BCUT2D eigenvalue weighted by Crippen LogP contribution is 2.43. The third-order valence-corrected chi connectivity index (χ3v) is 7.46. The van der Waals surface area contributed by atoms with E-state index in [0.717, 1.165) is 25.9 Å². The van der Waals surface area contributed by atoms with Gasteiger partial charge in [0.1, 0.15) is 0 Å². The van der Waals surface area contributed by atoms with E-state index < -0.39 is 0 Å². The van der Waals surface area contributed by atoms with Crippen LogP contribution in [0.15, 0.2) is 35.7 Å². The van der Waals surface area contributed by atoms with E-state index in [-0.39, 0.29) is 17.4 Å². The van der Waals surface area contributed by atoms with Crippen LogP contribution in [0.25, 0.3) is 0 Å². The first kappa shape index (κ1) is 19.7.